The Balaban J connectivity index is 1.88. The number of hydrogen-bond donors (Lipinski definition) is 2. The largest absolute Gasteiger partial charge is 0.506 e. The number of fused-ring (bicyclic) bond motifs is 2. The number of ether oxygens (including phenoxy) is 4. The maximum Gasteiger partial charge on any atom is 0.232 e. The number of hydrogen-bond acceptors (Lipinski definition) is 8. The standard InChI is InChI=1S/C46H42O8/c1-7-15-27-31-32-28(16-8-2)46(54-6)42(50)38-34(32)36(44(52-4)30(40(38)48)24-22-26-19-13-10-14-20-26)35-33(31)37(41(49)45(27)53-5)39(47)29(43(35)51-3)23-21-25-17-11-9-12-18-25/h9-14,17-24,47-48H,7-8,15-16H2,1-6H3/b23-21+,24-22+. The Hall–Kier alpha value is -6.28. The van der Waals surface area contributed by atoms with Crippen molar-refractivity contribution in [2.75, 3.05) is 28.4 Å². The number of benzene rings is 7. The minimum absolute atomic E-state index is 0.0492. The van der Waals surface area contributed by atoms with Crippen LogP contribution in [0.5, 0.6) is 34.5 Å². The topological polar surface area (TPSA) is 112 Å². The second-order valence-corrected chi connectivity index (χ2v) is 13.3. The van der Waals surface area contributed by atoms with Gasteiger partial charge in [-0.15, -0.1) is 0 Å². The molecule has 0 bridgehead atoms. The maximum atomic E-state index is 14.7. The van der Waals surface area contributed by atoms with E-state index in [-0.39, 0.29) is 56.4 Å². The molecule has 7 aromatic rings. The fourth-order valence-corrected chi connectivity index (χ4v) is 8.10. The molecule has 0 aliphatic heterocycles. The Labute approximate surface area is 312 Å². The molecule has 0 aromatic heterocycles. The van der Waals surface area contributed by atoms with Crippen molar-refractivity contribution in [3.05, 3.63) is 114 Å². The second-order valence-electron chi connectivity index (χ2n) is 13.3. The molecule has 0 amide bonds. The maximum absolute atomic E-state index is 14.7. The Morgan fingerprint density at radius 3 is 1.13 bits per heavy atom. The van der Waals surface area contributed by atoms with Crippen LogP contribution in [-0.4, -0.2) is 38.7 Å². The minimum atomic E-state index is -0.471. The van der Waals surface area contributed by atoms with E-state index in [0.29, 0.717) is 69.1 Å². The van der Waals surface area contributed by atoms with Gasteiger partial charge in [-0.25, -0.2) is 0 Å². The first-order valence-corrected chi connectivity index (χ1v) is 18.1. The number of methoxy groups -OCH3 is 4. The van der Waals surface area contributed by atoms with Crippen molar-refractivity contribution in [3.63, 3.8) is 0 Å². The van der Waals surface area contributed by atoms with Gasteiger partial charge in [-0.3, -0.25) is 9.59 Å². The zero-order chi connectivity index (χ0) is 38.3. The molecule has 0 saturated carbocycles. The fourth-order valence-electron chi connectivity index (χ4n) is 8.10. The van der Waals surface area contributed by atoms with E-state index >= 15 is 0 Å². The fraction of sp³-hybridized carbons (Fsp3) is 0.217. The van der Waals surface area contributed by atoms with Crippen LogP contribution in [0.25, 0.3) is 67.4 Å². The predicted molar refractivity (Wildman–Crippen MR) is 220 cm³/mol. The highest BCUT2D eigenvalue weighted by Crippen LogP contribution is 2.56. The third kappa shape index (κ3) is 5.43. The van der Waals surface area contributed by atoms with Crippen LogP contribution in [0.3, 0.4) is 0 Å². The van der Waals surface area contributed by atoms with Gasteiger partial charge in [0.15, 0.2) is 11.5 Å². The Morgan fingerprint density at radius 2 is 0.815 bits per heavy atom. The summed E-state index contributed by atoms with van der Waals surface area (Å²) >= 11 is 0. The number of phenolic OH excluding ortho intramolecular Hbond substituents is 2. The van der Waals surface area contributed by atoms with E-state index in [4.69, 9.17) is 18.9 Å². The van der Waals surface area contributed by atoms with Gasteiger partial charge in [-0.05, 0) is 46.9 Å². The summed E-state index contributed by atoms with van der Waals surface area (Å²) in [6.07, 6.45) is 9.33. The summed E-state index contributed by atoms with van der Waals surface area (Å²) in [5.41, 5.74) is 2.56. The smallest absolute Gasteiger partial charge is 0.232 e. The van der Waals surface area contributed by atoms with Crippen LogP contribution in [0.4, 0.5) is 0 Å². The molecular weight excluding hydrogens is 680 g/mol. The molecule has 0 fully saturated rings. The molecule has 0 aliphatic rings. The van der Waals surface area contributed by atoms with Crippen molar-refractivity contribution in [1.82, 2.24) is 0 Å². The third-order valence-corrected chi connectivity index (χ3v) is 10.2. The van der Waals surface area contributed by atoms with Gasteiger partial charge in [-0.2, -0.15) is 0 Å². The van der Waals surface area contributed by atoms with Gasteiger partial charge in [0.05, 0.1) is 50.3 Å². The molecule has 0 spiro atoms. The first-order chi connectivity index (χ1) is 26.3. The van der Waals surface area contributed by atoms with E-state index in [1.54, 1.807) is 12.2 Å². The van der Waals surface area contributed by atoms with Crippen molar-refractivity contribution in [3.8, 4) is 34.5 Å². The second kappa shape index (κ2) is 14.6. The van der Waals surface area contributed by atoms with Crippen LogP contribution in [0.15, 0.2) is 70.3 Å². The van der Waals surface area contributed by atoms with Crippen LogP contribution >= 0.6 is 0 Å². The first-order valence-electron chi connectivity index (χ1n) is 18.1. The lowest BCUT2D eigenvalue weighted by atomic mass is 9.80. The number of aryl methyl sites for hydroxylation is 2. The Kier molecular flexibility index (Phi) is 9.77. The van der Waals surface area contributed by atoms with Crippen LogP contribution in [0, 0.1) is 0 Å². The molecule has 0 aliphatic carbocycles. The molecule has 7 rings (SSSR count). The third-order valence-electron chi connectivity index (χ3n) is 10.2. The number of phenols is 2. The van der Waals surface area contributed by atoms with Crippen molar-refractivity contribution in [1.29, 1.82) is 0 Å². The van der Waals surface area contributed by atoms with Crippen LogP contribution in [0.1, 0.15) is 60.1 Å². The van der Waals surface area contributed by atoms with E-state index in [9.17, 15) is 19.8 Å². The Bertz CT molecular complexity index is 2530. The van der Waals surface area contributed by atoms with Gasteiger partial charge >= 0.3 is 0 Å². The van der Waals surface area contributed by atoms with Gasteiger partial charge in [0.1, 0.15) is 23.0 Å². The van der Waals surface area contributed by atoms with Gasteiger partial charge in [0, 0.05) is 32.7 Å². The molecule has 54 heavy (non-hydrogen) atoms. The summed E-state index contributed by atoms with van der Waals surface area (Å²) in [7, 11) is 5.92. The summed E-state index contributed by atoms with van der Waals surface area (Å²) in [6.45, 7) is 4.02. The van der Waals surface area contributed by atoms with E-state index in [1.807, 2.05) is 86.7 Å². The average Bonchev–Trinajstić information content (AvgIpc) is 3.18. The van der Waals surface area contributed by atoms with Crippen molar-refractivity contribution < 1.29 is 29.2 Å². The zero-order valence-electron chi connectivity index (χ0n) is 31.3. The quantitative estimate of drug-likeness (QED) is 0.0729. The number of aromatic hydroxyl groups is 2. The minimum Gasteiger partial charge on any atom is -0.506 e. The highest BCUT2D eigenvalue weighted by Gasteiger charge is 2.34. The molecule has 8 nitrogen and oxygen atoms in total. The predicted octanol–water partition coefficient (Wildman–Crippen LogP) is 9.59. The summed E-state index contributed by atoms with van der Waals surface area (Å²) in [5, 5.41) is 27.7. The lowest BCUT2D eigenvalue weighted by Crippen LogP contribution is -2.15. The van der Waals surface area contributed by atoms with Gasteiger partial charge < -0.3 is 29.2 Å². The molecule has 0 atom stereocenters. The number of rotatable bonds is 12. The molecule has 0 unspecified atom stereocenters. The van der Waals surface area contributed by atoms with E-state index in [2.05, 4.69) is 0 Å². The van der Waals surface area contributed by atoms with Gasteiger partial charge in [0.25, 0.3) is 0 Å². The van der Waals surface area contributed by atoms with Crippen molar-refractivity contribution >= 4 is 67.4 Å². The van der Waals surface area contributed by atoms with E-state index in [0.717, 1.165) is 11.1 Å². The lowest BCUT2D eigenvalue weighted by molar-refractivity contribution is 0.404. The van der Waals surface area contributed by atoms with Crippen LogP contribution < -0.4 is 29.8 Å². The summed E-state index contributed by atoms with van der Waals surface area (Å²) in [4.78, 5) is 29.4. The van der Waals surface area contributed by atoms with E-state index < -0.39 is 10.9 Å². The molecule has 8 heteroatoms. The van der Waals surface area contributed by atoms with E-state index in [1.165, 1.54) is 28.4 Å². The highest BCUT2D eigenvalue weighted by molar-refractivity contribution is 6.39. The lowest BCUT2D eigenvalue weighted by Gasteiger charge is -2.26. The van der Waals surface area contributed by atoms with Crippen molar-refractivity contribution in [2.45, 2.75) is 39.5 Å². The highest BCUT2D eigenvalue weighted by atomic mass is 16.5. The monoisotopic (exact) mass is 722 g/mol. The van der Waals surface area contributed by atoms with Crippen LogP contribution in [-0.2, 0) is 12.8 Å². The molecule has 274 valence electrons. The molecule has 2 N–H and O–H groups in total. The normalized spacial score (nSPS) is 12.0. The van der Waals surface area contributed by atoms with Crippen molar-refractivity contribution in [2.24, 2.45) is 0 Å². The molecule has 0 radical (unpaired) electrons. The summed E-state index contributed by atoms with van der Waals surface area (Å²) < 4.78 is 24.3. The molecule has 0 saturated heterocycles. The summed E-state index contributed by atoms with van der Waals surface area (Å²) in [6, 6.07) is 19.2. The first kappa shape index (κ1) is 36.1. The molecule has 0 heterocycles. The van der Waals surface area contributed by atoms with Gasteiger partial charge in [-0.1, -0.05) is 99.5 Å². The average molecular weight is 723 g/mol. The Morgan fingerprint density at radius 1 is 0.463 bits per heavy atom. The molecular formula is C46H42O8. The van der Waals surface area contributed by atoms with Gasteiger partial charge in [0.2, 0.25) is 10.9 Å². The SMILES string of the molecule is CCCc1c(OC)c(=O)c2c(O)c(/C=C/c3ccccc3)c(OC)c3c4c(OC)c(/C=C/c5ccccc5)c(O)c5c(=O)c(OC)c(CCC)c(c1c23)c54. The zero-order valence-corrected chi connectivity index (χ0v) is 31.3. The van der Waals surface area contributed by atoms with Crippen LogP contribution in [0.2, 0.25) is 0 Å². The molecule has 7 aromatic carbocycles. The summed E-state index contributed by atoms with van der Waals surface area (Å²) in [5.74, 6) is 0.218.